The second-order valence-electron chi connectivity index (χ2n) is 10.4. The van der Waals surface area contributed by atoms with Crippen molar-refractivity contribution in [2.45, 2.75) is 59.4 Å². The second kappa shape index (κ2) is 18.0. The van der Waals surface area contributed by atoms with Crippen LogP contribution in [0.1, 0.15) is 45.6 Å². The van der Waals surface area contributed by atoms with Crippen molar-refractivity contribution in [1.82, 2.24) is 25.1 Å². The first-order valence-corrected chi connectivity index (χ1v) is 14.7. The molecule has 248 valence electrons. The average Bonchev–Trinajstić information content (AvgIpc) is 3.50. The van der Waals surface area contributed by atoms with Gasteiger partial charge >= 0.3 is 12.1 Å². The number of ether oxygens (including phenoxy) is 3. The quantitative estimate of drug-likeness (QED) is 0.0853. The van der Waals surface area contributed by atoms with E-state index in [9.17, 15) is 29.6 Å². The molecule has 0 aliphatic carbocycles. The normalized spacial score (nSPS) is 11.6. The minimum atomic E-state index is -1.03. The molecule has 0 saturated carbocycles. The van der Waals surface area contributed by atoms with Crippen LogP contribution in [0.3, 0.4) is 0 Å². The molecule has 0 spiro atoms. The van der Waals surface area contributed by atoms with Gasteiger partial charge in [0.15, 0.2) is 0 Å². The molecule has 1 N–H and O–H groups in total. The maximum Gasteiger partial charge on any atom is 0.510 e. The van der Waals surface area contributed by atoms with Crippen molar-refractivity contribution >= 4 is 18.0 Å². The molecule has 0 fully saturated rings. The van der Waals surface area contributed by atoms with E-state index in [0.717, 1.165) is 27.9 Å². The zero-order valence-electron chi connectivity index (χ0n) is 25.9. The molecule has 46 heavy (non-hydrogen) atoms. The summed E-state index contributed by atoms with van der Waals surface area (Å²) in [5.41, 5.74) is 3.11. The van der Waals surface area contributed by atoms with E-state index < -0.39 is 23.3 Å². The summed E-state index contributed by atoms with van der Waals surface area (Å²) >= 11 is 0. The summed E-state index contributed by atoms with van der Waals surface area (Å²) in [5, 5.41) is 31.3. The molecule has 0 aliphatic heterocycles. The van der Waals surface area contributed by atoms with E-state index in [0.29, 0.717) is 18.4 Å². The van der Waals surface area contributed by atoms with Crippen LogP contribution in [0.4, 0.5) is 4.79 Å². The number of nitrogens with zero attached hydrogens (tertiary/aromatic N) is 6. The summed E-state index contributed by atoms with van der Waals surface area (Å²) in [6.45, 7) is 4.97. The number of hydrogen-bond acceptors (Lipinski definition) is 12. The summed E-state index contributed by atoms with van der Waals surface area (Å²) in [6, 6.07) is 14.0. The van der Waals surface area contributed by atoms with E-state index in [2.05, 4.69) is 20.2 Å². The van der Waals surface area contributed by atoms with E-state index in [4.69, 9.17) is 14.2 Å². The lowest BCUT2D eigenvalue weighted by Gasteiger charge is -2.32. The van der Waals surface area contributed by atoms with Crippen LogP contribution in [0.5, 0.6) is 0 Å². The fourth-order valence-corrected chi connectivity index (χ4v) is 4.52. The maximum absolute atomic E-state index is 13.0. The molecular weight excluding hydrogens is 604 g/mol. The molecule has 3 aromatic rings. The van der Waals surface area contributed by atoms with Gasteiger partial charge in [0.2, 0.25) is 18.5 Å². The number of aromatic nitrogens is 4. The molecule has 16 nitrogen and oxygen atoms in total. The lowest BCUT2D eigenvalue weighted by atomic mass is 9.97. The van der Waals surface area contributed by atoms with E-state index in [1.54, 1.807) is 13.8 Å². The van der Waals surface area contributed by atoms with Gasteiger partial charge in [0.05, 0.1) is 13.2 Å². The Balaban J connectivity index is 1.63. The van der Waals surface area contributed by atoms with Gasteiger partial charge < -0.3 is 29.1 Å². The fraction of sp³-hybridized carbons (Fsp3) is 0.467. The molecule has 1 amide bonds. The van der Waals surface area contributed by atoms with Crippen LogP contribution in [-0.4, -0.2) is 85.8 Å². The van der Waals surface area contributed by atoms with Gasteiger partial charge in [0.25, 0.3) is 5.09 Å². The lowest BCUT2D eigenvalue weighted by molar-refractivity contribution is -0.758. The molecule has 2 aromatic carbocycles. The number of benzene rings is 2. The van der Waals surface area contributed by atoms with E-state index in [1.165, 1.54) is 4.90 Å². The van der Waals surface area contributed by atoms with E-state index in [1.807, 2.05) is 55.5 Å². The highest BCUT2D eigenvalue weighted by atomic mass is 17.0. The molecule has 1 heterocycles. The van der Waals surface area contributed by atoms with E-state index in [-0.39, 0.29) is 57.4 Å². The summed E-state index contributed by atoms with van der Waals surface area (Å²) in [6.07, 6.45) is 0.824. The number of hydrogen-bond donors (Lipinski definition) is 1. The van der Waals surface area contributed by atoms with Crippen LogP contribution < -0.4 is 0 Å². The standard InChI is InChI=1S/C30H38N6O10/c1-4-5-10-26(37)34(27(21(2)3)29(38)39)19-22-11-13-23(14-12-22)24-8-6-7-9-25(24)28-31-33-35(32-28)20-45-30(40)44-17-15-43-16-18-46-36(41)42/h6-9,11-14,21,27H,4-5,10,15-20H2,1-3H3,(H,38,39). The molecular formula is C30H38N6O10. The van der Waals surface area contributed by atoms with Gasteiger partial charge in [-0.15, -0.1) is 25.1 Å². The number of carbonyl (C=O) groups excluding carboxylic acids is 2. The van der Waals surface area contributed by atoms with Gasteiger partial charge in [-0.05, 0) is 34.2 Å². The average molecular weight is 643 g/mol. The summed E-state index contributed by atoms with van der Waals surface area (Å²) < 4.78 is 14.9. The first-order chi connectivity index (χ1) is 22.1. The number of rotatable bonds is 19. The molecule has 0 radical (unpaired) electrons. The summed E-state index contributed by atoms with van der Waals surface area (Å²) in [5.74, 6) is -1.19. The van der Waals surface area contributed by atoms with Crippen LogP contribution in [0, 0.1) is 16.0 Å². The Kier molecular flexibility index (Phi) is 13.8. The Hall–Kier alpha value is -5.12. The third-order valence-electron chi connectivity index (χ3n) is 6.69. The third-order valence-corrected chi connectivity index (χ3v) is 6.69. The molecule has 3 rings (SSSR count). The number of unbranched alkanes of at least 4 members (excludes halogenated alkanes) is 1. The molecule has 0 bridgehead atoms. The van der Waals surface area contributed by atoms with Crippen molar-refractivity contribution in [3.05, 3.63) is 64.2 Å². The predicted octanol–water partition coefficient (Wildman–Crippen LogP) is 3.97. The number of aliphatic carboxylic acids is 1. The highest BCUT2D eigenvalue weighted by Crippen LogP contribution is 2.30. The van der Waals surface area contributed by atoms with Gasteiger partial charge in [-0.3, -0.25) is 4.79 Å². The van der Waals surface area contributed by atoms with Gasteiger partial charge in [-0.1, -0.05) is 75.7 Å². The first-order valence-electron chi connectivity index (χ1n) is 14.7. The van der Waals surface area contributed by atoms with Crippen molar-refractivity contribution in [2.24, 2.45) is 5.92 Å². The Morgan fingerprint density at radius 1 is 1.00 bits per heavy atom. The monoisotopic (exact) mass is 642 g/mol. The number of carboxylic acid groups (broad SMARTS) is 1. The molecule has 1 atom stereocenters. The molecule has 1 aromatic heterocycles. The number of tetrazole rings is 1. The summed E-state index contributed by atoms with van der Waals surface area (Å²) in [4.78, 5) is 53.6. The van der Waals surface area contributed by atoms with Crippen LogP contribution in [0.15, 0.2) is 48.5 Å². The molecule has 0 saturated heterocycles. The number of amides is 1. The van der Waals surface area contributed by atoms with Gasteiger partial charge in [-0.2, -0.15) is 0 Å². The molecule has 1 unspecified atom stereocenters. The van der Waals surface area contributed by atoms with Crippen molar-refractivity contribution < 1.29 is 43.6 Å². The zero-order chi connectivity index (χ0) is 33.5. The topological polar surface area (TPSA) is 198 Å². The van der Waals surface area contributed by atoms with Crippen LogP contribution >= 0.6 is 0 Å². The summed E-state index contributed by atoms with van der Waals surface area (Å²) in [7, 11) is 0. The highest BCUT2D eigenvalue weighted by molar-refractivity contribution is 5.84. The maximum atomic E-state index is 13.0. The first kappa shape index (κ1) is 35.4. The predicted molar refractivity (Wildman–Crippen MR) is 161 cm³/mol. The van der Waals surface area contributed by atoms with Crippen molar-refractivity contribution in [3.8, 4) is 22.5 Å². The van der Waals surface area contributed by atoms with Crippen LogP contribution in [0.2, 0.25) is 0 Å². The number of carbonyl (C=O) groups is 3. The fourth-order valence-electron chi connectivity index (χ4n) is 4.52. The van der Waals surface area contributed by atoms with Gasteiger partial charge in [0.1, 0.15) is 19.3 Å². The molecule has 0 aliphatic rings. The minimum absolute atomic E-state index is 0.00417. The van der Waals surface area contributed by atoms with Crippen LogP contribution in [0.25, 0.3) is 22.5 Å². The molecule has 16 heteroatoms. The Morgan fingerprint density at radius 2 is 1.70 bits per heavy atom. The SMILES string of the molecule is CCCCC(=O)N(Cc1ccc(-c2ccccc2-c2nnn(COC(=O)OCCOCCO[N+](=O)[O-])n2)cc1)C(C(=O)O)C(C)C. The zero-order valence-corrected chi connectivity index (χ0v) is 25.9. The van der Waals surface area contributed by atoms with Crippen LogP contribution in [-0.2, 0) is 41.9 Å². The van der Waals surface area contributed by atoms with Gasteiger partial charge in [0, 0.05) is 18.5 Å². The Bertz CT molecular complexity index is 1450. The lowest BCUT2D eigenvalue weighted by Crippen LogP contribution is -2.47. The Morgan fingerprint density at radius 3 is 2.35 bits per heavy atom. The highest BCUT2D eigenvalue weighted by Gasteiger charge is 2.32. The Labute approximate surface area is 265 Å². The minimum Gasteiger partial charge on any atom is -0.480 e. The third kappa shape index (κ3) is 10.8. The van der Waals surface area contributed by atoms with E-state index >= 15 is 0 Å². The number of carboxylic acids is 1. The smallest absolute Gasteiger partial charge is 0.480 e. The largest absolute Gasteiger partial charge is 0.510 e. The van der Waals surface area contributed by atoms with Crippen molar-refractivity contribution in [3.63, 3.8) is 0 Å². The second-order valence-corrected chi connectivity index (χ2v) is 10.4. The van der Waals surface area contributed by atoms with Crippen molar-refractivity contribution in [2.75, 3.05) is 26.4 Å². The van der Waals surface area contributed by atoms with Crippen molar-refractivity contribution in [1.29, 1.82) is 0 Å². The van der Waals surface area contributed by atoms with Gasteiger partial charge in [-0.25, -0.2) is 9.59 Å².